The van der Waals surface area contributed by atoms with E-state index in [1.54, 1.807) is 12.1 Å². The smallest absolute Gasteiger partial charge is 0.269 e. The standard InChI is InChI=1S/C10H14N4O/c11-10(15)8-5-6-9(14-13-8)12-7-3-1-2-4-7/h5-7H,1-4H2,(H2,11,15)(H,12,14). The van der Waals surface area contributed by atoms with Crippen molar-refractivity contribution in [2.24, 2.45) is 5.73 Å². The number of nitrogens with one attached hydrogen (secondary N) is 1. The number of hydrogen-bond donors (Lipinski definition) is 2. The Kier molecular flexibility index (Phi) is 2.80. The molecular formula is C10H14N4O. The first-order valence-corrected chi connectivity index (χ1v) is 5.16. The molecule has 1 aromatic heterocycles. The van der Waals surface area contributed by atoms with Crippen LogP contribution in [0.1, 0.15) is 36.2 Å². The van der Waals surface area contributed by atoms with Crippen LogP contribution in [0.15, 0.2) is 12.1 Å². The van der Waals surface area contributed by atoms with Crippen molar-refractivity contribution in [2.75, 3.05) is 5.32 Å². The summed E-state index contributed by atoms with van der Waals surface area (Å²) in [5, 5.41) is 10.9. The first kappa shape index (κ1) is 9.89. The molecule has 5 heteroatoms. The van der Waals surface area contributed by atoms with E-state index in [9.17, 15) is 4.79 Å². The number of hydrogen-bond acceptors (Lipinski definition) is 4. The molecule has 80 valence electrons. The van der Waals surface area contributed by atoms with Crippen LogP contribution in [0.4, 0.5) is 5.82 Å². The highest BCUT2D eigenvalue weighted by molar-refractivity contribution is 5.90. The predicted molar refractivity (Wildman–Crippen MR) is 56.4 cm³/mol. The molecule has 2 rings (SSSR count). The van der Waals surface area contributed by atoms with E-state index in [0.29, 0.717) is 11.9 Å². The zero-order chi connectivity index (χ0) is 10.7. The highest BCUT2D eigenvalue weighted by Crippen LogP contribution is 2.20. The van der Waals surface area contributed by atoms with Gasteiger partial charge in [0.1, 0.15) is 5.82 Å². The number of aromatic nitrogens is 2. The van der Waals surface area contributed by atoms with E-state index in [-0.39, 0.29) is 5.69 Å². The van der Waals surface area contributed by atoms with Gasteiger partial charge in [0.15, 0.2) is 5.69 Å². The lowest BCUT2D eigenvalue weighted by Gasteiger charge is -2.11. The Balaban J connectivity index is 2.00. The Labute approximate surface area is 88.1 Å². The summed E-state index contributed by atoms with van der Waals surface area (Å²) in [7, 11) is 0. The second kappa shape index (κ2) is 4.25. The van der Waals surface area contributed by atoms with Crippen LogP contribution < -0.4 is 11.1 Å². The minimum absolute atomic E-state index is 0.201. The molecule has 0 atom stereocenters. The molecule has 0 aliphatic heterocycles. The van der Waals surface area contributed by atoms with Crippen LogP contribution in [0.5, 0.6) is 0 Å². The summed E-state index contributed by atoms with van der Waals surface area (Å²) >= 11 is 0. The quantitative estimate of drug-likeness (QED) is 0.770. The van der Waals surface area contributed by atoms with Gasteiger partial charge in [-0.3, -0.25) is 4.79 Å². The van der Waals surface area contributed by atoms with Crippen molar-refractivity contribution in [1.82, 2.24) is 10.2 Å². The number of anilines is 1. The van der Waals surface area contributed by atoms with E-state index in [1.165, 1.54) is 25.7 Å². The zero-order valence-corrected chi connectivity index (χ0v) is 8.44. The predicted octanol–water partition coefficient (Wildman–Crippen LogP) is 0.930. The van der Waals surface area contributed by atoms with E-state index in [0.717, 1.165) is 0 Å². The summed E-state index contributed by atoms with van der Waals surface area (Å²) in [6.45, 7) is 0. The molecule has 5 nitrogen and oxygen atoms in total. The van der Waals surface area contributed by atoms with E-state index >= 15 is 0 Å². The molecule has 0 spiro atoms. The molecule has 0 unspecified atom stereocenters. The third-order valence-electron chi connectivity index (χ3n) is 2.62. The van der Waals surface area contributed by atoms with Gasteiger partial charge >= 0.3 is 0 Å². The van der Waals surface area contributed by atoms with Crippen molar-refractivity contribution >= 4 is 11.7 Å². The van der Waals surface area contributed by atoms with Crippen LogP contribution in [0.2, 0.25) is 0 Å². The molecule has 0 bridgehead atoms. The molecular weight excluding hydrogens is 192 g/mol. The highest BCUT2D eigenvalue weighted by atomic mass is 16.1. The first-order chi connectivity index (χ1) is 7.25. The maximum absolute atomic E-state index is 10.8. The number of nitrogens with zero attached hydrogens (tertiary/aromatic N) is 2. The third-order valence-corrected chi connectivity index (χ3v) is 2.62. The molecule has 1 amide bonds. The number of carbonyl (C=O) groups is 1. The fourth-order valence-corrected chi connectivity index (χ4v) is 1.82. The van der Waals surface area contributed by atoms with Gasteiger partial charge in [0, 0.05) is 6.04 Å². The van der Waals surface area contributed by atoms with E-state index < -0.39 is 5.91 Å². The number of primary amides is 1. The van der Waals surface area contributed by atoms with Crippen LogP contribution in [-0.4, -0.2) is 22.1 Å². The number of carbonyl (C=O) groups excluding carboxylic acids is 1. The summed E-state index contributed by atoms with van der Waals surface area (Å²) < 4.78 is 0. The van der Waals surface area contributed by atoms with Crippen LogP contribution in [0.25, 0.3) is 0 Å². The molecule has 1 fully saturated rings. The van der Waals surface area contributed by atoms with Crippen molar-refractivity contribution in [3.63, 3.8) is 0 Å². The highest BCUT2D eigenvalue weighted by Gasteiger charge is 2.15. The zero-order valence-electron chi connectivity index (χ0n) is 8.44. The maximum Gasteiger partial charge on any atom is 0.269 e. The summed E-state index contributed by atoms with van der Waals surface area (Å²) in [5.74, 6) is 0.168. The second-order valence-electron chi connectivity index (χ2n) is 3.79. The number of rotatable bonds is 3. The van der Waals surface area contributed by atoms with Gasteiger partial charge in [0.25, 0.3) is 5.91 Å². The average Bonchev–Trinajstić information content (AvgIpc) is 2.71. The largest absolute Gasteiger partial charge is 0.366 e. The molecule has 0 aromatic carbocycles. The van der Waals surface area contributed by atoms with Crippen LogP contribution >= 0.6 is 0 Å². The SMILES string of the molecule is NC(=O)c1ccc(NC2CCCC2)nn1. The Morgan fingerprint density at radius 2 is 2.07 bits per heavy atom. The lowest BCUT2D eigenvalue weighted by molar-refractivity contribution is 0.0994. The molecule has 15 heavy (non-hydrogen) atoms. The lowest BCUT2D eigenvalue weighted by atomic mass is 10.2. The fraction of sp³-hybridized carbons (Fsp3) is 0.500. The number of nitrogens with two attached hydrogens (primary N) is 1. The molecule has 0 radical (unpaired) electrons. The molecule has 1 aliphatic rings. The van der Waals surface area contributed by atoms with Gasteiger partial charge < -0.3 is 11.1 Å². The average molecular weight is 206 g/mol. The lowest BCUT2D eigenvalue weighted by Crippen LogP contribution is -2.18. The molecule has 3 N–H and O–H groups in total. The molecule has 1 aliphatic carbocycles. The van der Waals surface area contributed by atoms with Crippen LogP contribution in [0, 0.1) is 0 Å². The van der Waals surface area contributed by atoms with Gasteiger partial charge in [-0.05, 0) is 25.0 Å². The topological polar surface area (TPSA) is 80.9 Å². The van der Waals surface area contributed by atoms with Gasteiger partial charge in [0.2, 0.25) is 0 Å². The Morgan fingerprint density at radius 1 is 1.33 bits per heavy atom. The molecule has 0 saturated heterocycles. The van der Waals surface area contributed by atoms with Crippen molar-refractivity contribution in [3.8, 4) is 0 Å². The number of amides is 1. The van der Waals surface area contributed by atoms with Gasteiger partial charge in [-0.2, -0.15) is 0 Å². The summed E-state index contributed by atoms with van der Waals surface area (Å²) in [4.78, 5) is 10.8. The monoisotopic (exact) mass is 206 g/mol. The summed E-state index contributed by atoms with van der Waals surface area (Å²) in [6, 6.07) is 3.83. The van der Waals surface area contributed by atoms with Crippen molar-refractivity contribution < 1.29 is 4.79 Å². The van der Waals surface area contributed by atoms with Crippen molar-refractivity contribution in [3.05, 3.63) is 17.8 Å². The minimum atomic E-state index is -0.546. The van der Waals surface area contributed by atoms with Crippen LogP contribution in [-0.2, 0) is 0 Å². The van der Waals surface area contributed by atoms with Gasteiger partial charge in [-0.15, -0.1) is 10.2 Å². The Hall–Kier alpha value is -1.65. The Morgan fingerprint density at radius 3 is 2.60 bits per heavy atom. The first-order valence-electron chi connectivity index (χ1n) is 5.16. The maximum atomic E-state index is 10.8. The van der Waals surface area contributed by atoms with Crippen molar-refractivity contribution in [1.29, 1.82) is 0 Å². The second-order valence-corrected chi connectivity index (χ2v) is 3.79. The van der Waals surface area contributed by atoms with Crippen molar-refractivity contribution in [2.45, 2.75) is 31.7 Å². The van der Waals surface area contributed by atoms with Gasteiger partial charge in [0.05, 0.1) is 0 Å². The fourth-order valence-electron chi connectivity index (χ4n) is 1.82. The molecule has 1 saturated carbocycles. The Bertz CT molecular complexity index is 343. The van der Waals surface area contributed by atoms with Gasteiger partial charge in [-0.1, -0.05) is 12.8 Å². The van der Waals surface area contributed by atoms with E-state index in [4.69, 9.17) is 5.73 Å². The third kappa shape index (κ3) is 2.43. The van der Waals surface area contributed by atoms with Crippen LogP contribution in [0.3, 0.4) is 0 Å². The molecule has 1 aromatic rings. The van der Waals surface area contributed by atoms with E-state index in [1.807, 2.05) is 0 Å². The summed E-state index contributed by atoms with van der Waals surface area (Å²) in [6.07, 6.45) is 4.90. The van der Waals surface area contributed by atoms with Gasteiger partial charge in [-0.25, -0.2) is 0 Å². The normalized spacial score (nSPS) is 16.5. The summed E-state index contributed by atoms with van der Waals surface area (Å²) in [5.41, 5.74) is 5.27. The van der Waals surface area contributed by atoms with E-state index in [2.05, 4.69) is 15.5 Å². The molecule has 1 heterocycles. The minimum Gasteiger partial charge on any atom is -0.366 e.